The third-order valence-corrected chi connectivity index (χ3v) is 3.16. The second-order valence-electron chi connectivity index (χ2n) is 3.97. The van der Waals surface area contributed by atoms with Gasteiger partial charge in [-0.25, -0.2) is 4.98 Å². The number of hydrogen-bond donors (Lipinski definition) is 0. The third kappa shape index (κ3) is 1.84. The lowest BCUT2D eigenvalue weighted by Gasteiger charge is -2.06. The van der Waals surface area contributed by atoms with Crippen molar-refractivity contribution in [3.8, 4) is 5.69 Å². The van der Waals surface area contributed by atoms with E-state index in [0.29, 0.717) is 11.3 Å². The van der Waals surface area contributed by atoms with E-state index < -0.39 is 4.92 Å². The molecule has 1 aromatic carbocycles. The fraction of sp³-hybridized carbons (Fsp3) is 0. The van der Waals surface area contributed by atoms with Crippen molar-refractivity contribution < 1.29 is 4.92 Å². The zero-order valence-electron chi connectivity index (χ0n) is 9.65. The minimum Gasteiger partial charge on any atom is -0.295 e. The molecular formula is C13H8ClN3O2. The van der Waals surface area contributed by atoms with Crippen LogP contribution in [0.3, 0.4) is 0 Å². The number of halogens is 1. The number of fused-ring (bicyclic) bond motifs is 1. The molecule has 3 rings (SSSR count). The van der Waals surface area contributed by atoms with Crippen molar-refractivity contribution in [3.63, 3.8) is 0 Å². The molecule has 0 spiro atoms. The van der Waals surface area contributed by atoms with Gasteiger partial charge in [0.15, 0.2) is 0 Å². The van der Waals surface area contributed by atoms with Gasteiger partial charge in [0.25, 0.3) is 0 Å². The van der Waals surface area contributed by atoms with E-state index in [1.54, 1.807) is 29.1 Å². The number of nitro benzene ring substituents is 1. The topological polar surface area (TPSA) is 61.0 Å². The Morgan fingerprint density at radius 2 is 2.05 bits per heavy atom. The lowest BCUT2D eigenvalue weighted by molar-refractivity contribution is -0.384. The molecule has 0 unspecified atom stereocenters. The average Bonchev–Trinajstić information content (AvgIpc) is 2.81. The minimum absolute atomic E-state index is 0.111. The maximum absolute atomic E-state index is 11.2. The summed E-state index contributed by atoms with van der Waals surface area (Å²) in [4.78, 5) is 14.9. The third-order valence-electron chi connectivity index (χ3n) is 2.86. The molecule has 2 heterocycles. The van der Waals surface area contributed by atoms with Crippen molar-refractivity contribution in [2.75, 3.05) is 0 Å². The molecule has 0 atom stereocenters. The van der Waals surface area contributed by atoms with Gasteiger partial charge < -0.3 is 0 Å². The summed E-state index contributed by atoms with van der Waals surface area (Å²) in [5, 5.41) is 12.2. The Kier molecular flexibility index (Phi) is 2.68. The number of hydrogen-bond acceptors (Lipinski definition) is 3. The highest BCUT2D eigenvalue weighted by Gasteiger charge is 2.20. The molecule has 0 fully saturated rings. The van der Waals surface area contributed by atoms with E-state index in [0.717, 1.165) is 5.39 Å². The Hall–Kier alpha value is -2.40. The van der Waals surface area contributed by atoms with Gasteiger partial charge in [-0.1, -0.05) is 17.7 Å². The zero-order valence-corrected chi connectivity index (χ0v) is 10.4. The average molecular weight is 274 g/mol. The number of para-hydroxylation sites is 1. The molecule has 0 amide bonds. The van der Waals surface area contributed by atoms with E-state index in [9.17, 15) is 10.1 Å². The Morgan fingerprint density at radius 3 is 2.84 bits per heavy atom. The van der Waals surface area contributed by atoms with Gasteiger partial charge in [-0.05, 0) is 30.3 Å². The Balaban J connectivity index is 2.33. The Labute approximate surface area is 113 Å². The van der Waals surface area contributed by atoms with E-state index in [2.05, 4.69) is 4.98 Å². The van der Waals surface area contributed by atoms with Crippen LogP contribution in [0.2, 0.25) is 5.02 Å². The molecule has 0 bridgehead atoms. The number of pyridine rings is 1. The summed E-state index contributed by atoms with van der Waals surface area (Å²) >= 11 is 5.92. The first-order valence-electron chi connectivity index (χ1n) is 5.54. The first kappa shape index (κ1) is 11.7. The predicted octanol–water partition coefficient (Wildman–Crippen LogP) is 3.59. The molecule has 0 aliphatic heterocycles. The number of nitro groups is 1. The summed E-state index contributed by atoms with van der Waals surface area (Å²) in [6.45, 7) is 0. The lowest BCUT2D eigenvalue weighted by atomic mass is 10.2. The molecule has 5 nitrogen and oxygen atoms in total. The standard InChI is InChI=1S/C13H8ClN3O2/c14-10-4-1-5-11(12(10)17(18)19)16-8-6-9-3-2-7-15-13(9)16/h1-8H. The molecule has 6 heteroatoms. The summed E-state index contributed by atoms with van der Waals surface area (Å²) in [6, 6.07) is 10.4. The van der Waals surface area contributed by atoms with Gasteiger partial charge >= 0.3 is 5.69 Å². The normalized spacial score (nSPS) is 10.8. The van der Waals surface area contributed by atoms with E-state index in [1.165, 1.54) is 6.07 Å². The monoisotopic (exact) mass is 273 g/mol. The second kappa shape index (κ2) is 4.37. The maximum Gasteiger partial charge on any atom is 0.311 e. The molecule has 0 saturated heterocycles. The highest BCUT2D eigenvalue weighted by molar-refractivity contribution is 6.33. The molecule has 19 heavy (non-hydrogen) atoms. The van der Waals surface area contributed by atoms with Gasteiger partial charge in [0.1, 0.15) is 16.4 Å². The molecule has 94 valence electrons. The summed E-state index contributed by atoms with van der Waals surface area (Å²) < 4.78 is 1.67. The molecule has 0 aliphatic rings. The van der Waals surface area contributed by atoms with Crippen LogP contribution in [0, 0.1) is 10.1 Å². The van der Waals surface area contributed by atoms with Crippen molar-refractivity contribution in [2.45, 2.75) is 0 Å². The molecule has 0 radical (unpaired) electrons. The van der Waals surface area contributed by atoms with Crippen LogP contribution in [-0.4, -0.2) is 14.5 Å². The summed E-state index contributed by atoms with van der Waals surface area (Å²) in [5.74, 6) is 0. The van der Waals surface area contributed by atoms with Gasteiger partial charge in [-0.15, -0.1) is 0 Å². The Bertz CT molecular complexity index is 782. The Morgan fingerprint density at radius 1 is 1.21 bits per heavy atom. The first-order valence-corrected chi connectivity index (χ1v) is 5.91. The van der Waals surface area contributed by atoms with E-state index in [-0.39, 0.29) is 10.7 Å². The number of benzene rings is 1. The number of aromatic nitrogens is 2. The van der Waals surface area contributed by atoms with Crippen molar-refractivity contribution in [3.05, 3.63) is 63.9 Å². The fourth-order valence-electron chi connectivity index (χ4n) is 2.04. The van der Waals surface area contributed by atoms with Gasteiger partial charge in [0.2, 0.25) is 0 Å². The van der Waals surface area contributed by atoms with Gasteiger partial charge in [-0.3, -0.25) is 14.7 Å². The van der Waals surface area contributed by atoms with Crippen LogP contribution in [0.1, 0.15) is 0 Å². The van der Waals surface area contributed by atoms with Gasteiger partial charge in [0, 0.05) is 17.8 Å². The van der Waals surface area contributed by atoms with Crippen molar-refractivity contribution in [1.29, 1.82) is 0 Å². The van der Waals surface area contributed by atoms with Crippen molar-refractivity contribution >= 4 is 28.3 Å². The highest BCUT2D eigenvalue weighted by Crippen LogP contribution is 2.32. The van der Waals surface area contributed by atoms with Gasteiger partial charge in [-0.2, -0.15) is 0 Å². The van der Waals surface area contributed by atoms with Crippen LogP contribution < -0.4 is 0 Å². The largest absolute Gasteiger partial charge is 0.311 e. The van der Waals surface area contributed by atoms with E-state index in [1.807, 2.05) is 18.2 Å². The summed E-state index contributed by atoms with van der Waals surface area (Å²) in [6.07, 6.45) is 3.39. The van der Waals surface area contributed by atoms with Crippen LogP contribution in [-0.2, 0) is 0 Å². The quantitative estimate of drug-likeness (QED) is 0.529. The second-order valence-corrected chi connectivity index (χ2v) is 4.37. The maximum atomic E-state index is 11.2. The lowest BCUT2D eigenvalue weighted by Crippen LogP contribution is -2.00. The highest BCUT2D eigenvalue weighted by atomic mass is 35.5. The van der Waals surface area contributed by atoms with E-state index >= 15 is 0 Å². The molecule has 2 aromatic heterocycles. The molecule has 3 aromatic rings. The number of nitrogens with zero attached hydrogens (tertiary/aromatic N) is 3. The summed E-state index contributed by atoms with van der Waals surface area (Å²) in [7, 11) is 0. The molecule has 0 aliphatic carbocycles. The van der Waals surface area contributed by atoms with E-state index in [4.69, 9.17) is 11.6 Å². The zero-order chi connectivity index (χ0) is 13.4. The molecular weight excluding hydrogens is 266 g/mol. The summed E-state index contributed by atoms with van der Waals surface area (Å²) in [5.41, 5.74) is 0.950. The van der Waals surface area contributed by atoms with Crippen LogP contribution >= 0.6 is 11.6 Å². The van der Waals surface area contributed by atoms with Crippen LogP contribution in [0.25, 0.3) is 16.7 Å². The van der Waals surface area contributed by atoms with Gasteiger partial charge in [0.05, 0.1) is 4.92 Å². The fourth-order valence-corrected chi connectivity index (χ4v) is 2.28. The molecule has 0 N–H and O–H groups in total. The minimum atomic E-state index is -0.480. The SMILES string of the molecule is O=[N+]([O-])c1c(Cl)cccc1-n1ccc2cccnc21. The smallest absolute Gasteiger partial charge is 0.295 e. The molecule has 0 saturated carbocycles. The van der Waals surface area contributed by atoms with Crippen LogP contribution in [0.15, 0.2) is 48.8 Å². The van der Waals surface area contributed by atoms with Crippen molar-refractivity contribution in [2.24, 2.45) is 0 Å². The van der Waals surface area contributed by atoms with Crippen LogP contribution in [0.5, 0.6) is 0 Å². The number of rotatable bonds is 2. The predicted molar refractivity (Wildman–Crippen MR) is 72.7 cm³/mol. The first-order chi connectivity index (χ1) is 9.18. The van der Waals surface area contributed by atoms with Crippen molar-refractivity contribution in [1.82, 2.24) is 9.55 Å². The van der Waals surface area contributed by atoms with Crippen LogP contribution in [0.4, 0.5) is 5.69 Å².